The molecule has 1 aliphatic rings. The summed E-state index contributed by atoms with van der Waals surface area (Å²) in [4.78, 5) is 0. The molecule has 1 aliphatic heterocycles. The molecule has 2 atom stereocenters. The molecule has 0 radical (unpaired) electrons. The Labute approximate surface area is 92.8 Å². The minimum Gasteiger partial charge on any atom is -0.384 e. The first-order valence-electron chi connectivity index (χ1n) is 6.07. The van der Waals surface area contributed by atoms with Gasteiger partial charge in [-0.3, -0.25) is 0 Å². The van der Waals surface area contributed by atoms with E-state index in [1.54, 1.807) is 0 Å². The Kier molecular flexibility index (Phi) is 4.15. The first kappa shape index (κ1) is 12.9. The predicted molar refractivity (Wildman–Crippen MR) is 59.7 cm³/mol. The van der Waals surface area contributed by atoms with Crippen LogP contribution in [0.25, 0.3) is 0 Å². The predicted octanol–water partition coefficient (Wildman–Crippen LogP) is 2.47. The van der Waals surface area contributed by atoms with Crippen molar-refractivity contribution in [2.45, 2.75) is 70.9 Å². The molecule has 0 aromatic heterocycles. The van der Waals surface area contributed by atoms with Crippen molar-refractivity contribution in [3.63, 3.8) is 0 Å². The molecule has 15 heavy (non-hydrogen) atoms. The van der Waals surface area contributed by atoms with Crippen molar-refractivity contribution >= 4 is 0 Å². The maximum absolute atomic E-state index is 10.4. The van der Waals surface area contributed by atoms with Crippen LogP contribution in [0.2, 0.25) is 0 Å². The largest absolute Gasteiger partial charge is 0.384 e. The van der Waals surface area contributed by atoms with Crippen LogP contribution < -0.4 is 0 Å². The van der Waals surface area contributed by atoms with Gasteiger partial charge in [0.05, 0.1) is 5.60 Å². The summed E-state index contributed by atoms with van der Waals surface area (Å²) in [7, 11) is 0. The summed E-state index contributed by atoms with van der Waals surface area (Å²) in [6, 6.07) is 0. The van der Waals surface area contributed by atoms with Crippen LogP contribution in [0.5, 0.6) is 0 Å². The van der Waals surface area contributed by atoms with E-state index in [2.05, 4.69) is 13.8 Å². The van der Waals surface area contributed by atoms with Gasteiger partial charge in [0, 0.05) is 13.0 Å². The summed E-state index contributed by atoms with van der Waals surface area (Å²) in [6.07, 6.45) is 2.77. The molecule has 0 aliphatic carbocycles. The Morgan fingerprint density at radius 1 is 1.20 bits per heavy atom. The second kappa shape index (κ2) is 4.81. The highest BCUT2D eigenvalue weighted by atomic mass is 16.7. The average Bonchev–Trinajstić information content (AvgIpc) is 2.55. The van der Waals surface area contributed by atoms with Gasteiger partial charge in [0.2, 0.25) is 0 Å². The summed E-state index contributed by atoms with van der Waals surface area (Å²) < 4.78 is 11.4. The van der Waals surface area contributed by atoms with E-state index in [4.69, 9.17) is 9.47 Å². The van der Waals surface area contributed by atoms with Gasteiger partial charge in [0.1, 0.15) is 5.60 Å². The lowest BCUT2D eigenvalue weighted by Crippen LogP contribution is -2.39. The standard InChI is InChI=1S/C12H24O3/c1-5-11(6-2)9-12(13,7-3)10(15-11)14-8-4/h10,13H,5-9H2,1-4H3. The number of rotatable bonds is 5. The molecule has 0 amide bonds. The number of hydrogen-bond acceptors (Lipinski definition) is 3. The lowest BCUT2D eigenvalue weighted by atomic mass is 9.85. The molecule has 2 unspecified atom stereocenters. The first-order valence-corrected chi connectivity index (χ1v) is 6.07. The summed E-state index contributed by atoms with van der Waals surface area (Å²) in [5.74, 6) is 0. The van der Waals surface area contributed by atoms with E-state index < -0.39 is 11.9 Å². The van der Waals surface area contributed by atoms with Crippen LogP contribution >= 0.6 is 0 Å². The molecule has 0 aromatic carbocycles. The van der Waals surface area contributed by atoms with Gasteiger partial charge in [-0.15, -0.1) is 0 Å². The quantitative estimate of drug-likeness (QED) is 0.767. The summed E-state index contributed by atoms with van der Waals surface area (Å²) >= 11 is 0. The van der Waals surface area contributed by atoms with Crippen LogP contribution in [0, 0.1) is 0 Å². The molecular formula is C12H24O3. The molecule has 3 nitrogen and oxygen atoms in total. The van der Waals surface area contributed by atoms with Crippen LogP contribution in [0.4, 0.5) is 0 Å². The average molecular weight is 216 g/mol. The molecule has 0 spiro atoms. The minimum absolute atomic E-state index is 0.190. The molecule has 0 bridgehead atoms. The van der Waals surface area contributed by atoms with E-state index in [9.17, 15) is 5.11 Å². The molecule has 1 rings (SSSR count). The van der Waals surface area contributed by atoms with E-state index in [-0.39, 0.29) is 5.60 Å². The second-order valence-corrected chi connectivity index (χ2v) is 4.43. The van der Waals surface area contributed by atoms with Crippen molar-refractivity contribution in [3.05, 3.63) is 0 Å². The van der Waals surface area contributed by atoms with E-state index in [0.717, 1.165) is 12.8 Å². The molecule has 1 saturated heterocycles. The highest BCUT2D eigenvalue weighted by Gasteiger charge is 2.53. The van der Waals surface area contributed by atoms with Crippen molar-refractivity contribution in [2.24, 2.45) is 0 Å². The molecule has 3 heteroatoms. The van der Waals surface area contributed by atoms with Crippen LogP contribution in [0.15, 0.2) is 0 Å². The Morgan fingerprint density at radius 3 is 2.20 bits per heavy atom. The third kappa shape index (κ3) is 2.35. The van der Waals surface area contributed by atoms with Gasteiger partial charge in [0.25, 0.3) is 0 Å². The maximum atomic E-state index is 10.4. The second-order valence-electron chi connectivity index (χ2n) is 4.43. The number of hydrogen-bond donors (Lipinski definition) is 1. The Balaban J connectivity index is 2.81. The normalized spacial score (nSPS) is 34.6. The van der Waals surface area contributed by atoms with Crippen molar-refractivity contribution < 1.29 is 14.6 Å². The molecular weight excluding hydrogens is 192 g/mol. The van der Waals surface area contributed by atoms with Gasteiger partial charge in [0.15, 0.2) is 6.29 Å². The molecule has 0 saturated carbocycles. The summed E-state index contributed by atoms with van der Waals surface area (Å²) in [5.41, 5.74) is -0.993. The van der Waals surface area contributed by atoms with Crippen molar-refractivity contribution in [1.29, 1.82) is 0 Å². The minimum atomic E-state index is -0.804. The highest BCUT2D eigenvalue weighted by molar-refractivity contribution is 4.99. The topological polar surface area (TPSA) is 38.7 Å². The van der Waals surface area contributed by atoms with Gasteiger partial charge < -0.3 is 14.6 Å². The first-order chi connectivity index (χ1) is 7.05. The fraction of sp³-hybridized carbons (Fsp3) is 1.00. The van der Waals surface area contributed by atoms with Gasteiger partial charge in [-0.2, -0.15) is 0 Å². The zero-order valence-corrected chi connectivity index (χ0v) is 10.4. The summed E-state index contributed by atoms with van der Waals surface area (Å²) in [6.45, 7) is 8.70. The van der Waals surface area contributed by atoms with E-state index in [1.807, 2.05) is 13.8 Å². The van der Waals surface area contributed by atoms with Crippen molar-refractivity contribution in [2.75, 3.05) is 6.61 Å². The molecule has 1 heterocycles. The fourth-order valence-electron chi connectivity index (χ4n) is 2.32. The molecule has 90 valence electrons. The van der Waals surface area contributed by atoms with Crippen molar-refractivity contribution in [3.8, 4) is 0 Å². The van der Waals surface area contributed by atoms with E-state index >= 15 is 0 Å². The zero-order valence-electron chi connectivity index (χ0n) is 10.4. The van der Waals surface area contributed by atoms with E-state index in [1.165, 1.54) is 0 Å². The highest BCUT2D eigenvalue weighted by Crippen LogP contribution is 2.44. The zero-order chi connectivity index (χ0) is 11.5. The lowest BCUT2D eigenvalue weighted by molar-refractivity contribution is -0.215. The smallest absolute Gasteiger partial charge is 0.186 e. The third-order valence-electron chi connectivity index (χ3n) is 3.64. The monoisotopic (exact) mass is 216 g/mol. The SMILES string of the molecule is CCOC1OC(CC)(CC)CC1(O)CC. The molecule has 1 N–H and O–H groups in total. The third-order valence-corrected chi connectivity index (χ3v) is 3.64. The summed E-state index contributed by atoms with van der Waals surface area (Å²) in [5, 5.41) is 10.4. The Bertz CT molecular complexity index is 201. The van der Waals surface area contributed by atoms with Gasteiger partial charge in [-0.1, -0.05) is 20.8 Å². The van der Waals surface area contributed by atoms with Crippen LogP contribution in [-0.4, -0.2) is 29.2 Å². The van der Waals surface area contributed by atoms with Crippen molar-refractivity contribution in [1.82, 2.24) is 0 Å². The number of aliphatic hydroxyl groups is 1. The maximum Gasteiger partial charge on any atom is 0.186 e. The Morgan fingerprint density at radius 2 is 1.80 bits per heavy atom. The lowest BCUT2D eigenvalue weighted by Gasteiger charge is -2.26. The van der Waals surface area contributed by atoms with Gasteiger partial charge >= 0.3 is 0 Å². The van der Waals surface area contributed by atoms with Gasteiger partial charge in [-0.25, -0.2) is 0 Å². The number of ether oxygens (including phenoxy) is 2. The van der Waals surface area contributed by atoms with Crippen LogP contribution in [-0.2, 0) is 9.47 Å². The van der Waals surface area contributed by atoms with Crippen LogP contribution in [0.1, 0.15) is 53.4 Å². The Hall–Kier alpha value is -0.120. The van der Waals surface area contributed by atoms with Crippen LogP contribution in [0.3, 0.4) is 0 Å². The van der Waals surface area contributed by atoms with Gasteiger partial charge in [-0.05, 0) is 26.2 Å². The molecule has 0 aromatic rings. The van der Waals surface area contributed by atoms with E-state index in [0.29, 0.717) is 19.4 Å². The molecule has 1 fully saturated rings. The fourth-order valence-corrected chi connectivity index (χ4v) is 2.32.